The number of carbonyl (C=O) groups excluding carboxylic acids is 1. The van der Waals surface area contributed by atoms with E-state index in [-0.39, 0.29) is 24.7 Å². The summed E-state index contributed by atoms with van der Waals surface area (Å²) in [5, 5.41) is 10.4. The van der Waals surface area contributed by atoms with Crippen molar-refractivity contribution in [3.05, 3.63) is 69.6 Å². The van der Waals surface area contributed by atoms with E-state index in [2.05, 4.69) is 0 Å². The molecule has 0 unspecified atom stereocenters. The normalized spacial score (nSPS) is 10.8. The highest BCUT2D eigenvalue weighted by Gasteiger charge is 2.13. The molecule has 146 valence electrons. The lowest BCUT2D eigenvalue weighted by Crippen LogP contribution is -2.09. The molecule has 1 heterocycles. The van der Waals surface area contributed by atoms with Gasteiger partial charge in [0.15, 0.2) is 0 Å². The van der Waals surface area contributed by atoms with Crippen molar-refractivity contribution >= 4 is 16.9 Å². The minimum absolute atomic E-state index is 0.0396. The van der Waals surface area contributed by atoms with Crippen LogP contribution >= 0.6 is 0 Å². The molecule has 0 saturated heterocycles. The maximum Gasteiger partial charge on any atom is 0.336 e. The van der Waals surface area contributed by atoms with Crippen LogP contribution in [0.1, 0.15) is 30.0 Å². The Morgan fingerprint density at radius 1 is 1.14 bits per heavy atom. The van der Waals surface area contributed by atoms with Crippen molar-refractivity contribution in [2.24, 2.45) is 0 Å². The molecule has 6 heteroatoms. The van der Waals surface area contributed by atoms with Crippen molar-refractivity contribution in [3.63, 3.8) is 0 Å². The van der Waals surface area contributed by atoms with Gasteiger partial charge in [-0.3, -0.25) is 4.79 Å². The second-order valence-electron chi connectivity index (χ2n) is 6.38. The Kier molecular flexibility index (Phi) is 5.99. The molecule has 6 nitrogen and oxygen atoms in total. The van der Waals surface area contributed by atoms with E-state index in [9.17, 15) is 14.7 Å². The summed E-state index contributed by atoms with van der Waals surface area (Å²) in [4.78, 5) is 24.0. The van der Waals surface area contributed by atoms with Crippen LogP contribution in [0.25, 0.3) is 11.0 Å². The highest BCUT2D eigenvalue weighted by Crippen LogP contribution is 2.27. The van der Waals surface area contributed by atoms with Crippen molar-refractivity contribution in [1.82, 2.24) is 0 Å². The summed E-state index contributed by atoms with van der Waals surface area (Å²) >= 11 is 0. The van der Waals surface area contributed by atoms with Gasteiger partial charge in [0.2, 0.25) is 0 Å². The van der Waals surface area contributed by atoms with Crippen LogP contribution in [0.2, 0.25) is 0 Å². The molecule has 0 bridgehead atoms. The molecule has 0 aliphatic carbocycles. The van der Waals surface area contributed by atoms with Crippen molar-refractivity contribution in [2.75, 3.05) is 6.61 Å². The summed E-state index contributed by atoms with van der Waals surface area (Å²) in [6, 6.07) is 12.0. The summed E-state index contributed by atoms with van der Waals surface area (Å²) < 4.78 is 16.1. The first-order valence-corrected chi connectivity index (χ1v) is 9.11. The molecule has 3 aromatic rings. The number of aromatic hydroxyl groups is 1. The average Bonchev–Trinajstić information content (AvgIpc) is 2.69. The number of benzene rings is 2. The van der Waals surface area contributed by atoms with Gasteiger partial charge in [-0.25, -0.2) is 4.79 Å². The van der Waals surface area contributed by atoms with Crippen LogP contribution in [-0.2, 0) is 22.6 Å². The first-order valence-electron chi connectivity index (χ1n) is 9.11. The molecule has 1 N–H and O–H groups in total. The first kappa shape index (κ1) is 19.5. The van der Waals surface area contributed by atoms with E-state index in [0.717, 1.165) is 11.3 Å². The Morgan fingerprint density at radius 2 is 1.93 bits per heavy atom. The number of aryl methyl sites for hydroxylation is 2. The molecule has 0 radical (unpaired) electrons. The zero-order valence-electron chi connectivity index (χ0n) is 15.9. The van der Waals surface area contributed by atoms with Gasteiger partial charge in [0.25, 0.3) is 0 Å². The van der Waals surface area contributed by atoms with E-state index in [4.69, 9.17) is 13.9 Å². The largest absolute Gasteiger partial charge is 0.508 e. The van der Waals surface area contributed by atoms with E-state index in [1.54, 1.807) is 13.0 Å². The van der Waals surface area contributed by atoms with E-state index >= 15 is 0 Å². The van der Waals surface area contributed by atoms with Gasteiger partial charge >= 0.3 is 11.6 Å². The zero-order valence-corrected chi connectivity index (χ0v) is 15.9. The van der Waals surface area contributed by atoms with Crippen LogP contribution in [0.4, 0.5) is 0 Å². The molecule has 0 aliphatic heterocycles. The van der Waals surface area contributed by atoms with Crippen LogP contribution in [-0.4, -0.2) is 17.7 Å². The van der Waals surface area contributed by atoms with E-state index in [1.807, 2.05) is 31.2 Å². The molecule has 2 aromatic carbocycles. The second-order valence-corrected chi connectivity index (χ2v) is 6.38. The third kappa shape index (κ3) is 4.34. The molecule has 1 aromatic heterocycles. The fourth-order valence-electron chi connectivity index (χ4n) is 3.01. The topological polar surface area (TPSA) is 86.0 Å². The third-order valence-corrected chi connectivity index (χ3v) is 4.48. The van der Waals surface area contributed by atoms with Gasteiger partial charge in [-0.05, 0) is 44.0 Å². The summed E-state index contributed by atoms with van der Waals surface area (Å²) in [6.45, 7) is 4.08. The predicted octanol–water partition coefficient (Wildman–Crippen LogP) is 3.88. The van der Waals surface area contributed by atoms with Crippen molar-refractivity contribution in [3.8, 4) is 11.5 Å². The standard InChI is InChI=1S/C22H22O6/c1-3-26-19-7-5-4-6-15(19)8-11-20(24)27-13-16-12-21(25)28-22-14(2)18(23)10-9-17(16)22/h4-7,9-10,12,23H,3,8,11,13H2,1-2H3. The summed E-state index contributed by atoms with van der Waals surface area (Å²) in [7, 11) is 0. The van der Waals surface area contributed by atoms with Crippen LogP contribution < -0.4 is 10.4 Å². The lowest BCUT2D eigenvalue weighted by molar-refractivity contribution is -0.144. The van der Waals surface area contributed by atoms with E-state index in [1.165, 1.54) is 12.1 Å². The first-order chi connectivity index (χ1) is 13.5. The number of phenols is 1. The molecule has 3 rings (SSSR count). The van der Waals surface area contributed by atoms with Gasteiger partial charge in [-0.2, -0.15) is 0 Å². The van der Waals surface area contributed by atoms with Crippen LogP contribution in [0.3, 0.4) is 0 Å². The Hall–Kier alpha value is -3.28. The zero-order chi connectivity index (χ0) is 20.1. The van der Waals surface area contributed by atoms with Crippen molar-refractivity contribution in [2.45, 2.75) is 33.3 Å². The summed E-state index contributed by atoms with van der Waals surface area (Å²) in [5.74, 6) is 0.431. The maximum absolute atomic E-state index is 12.2. The fraction of sp³-hybridized carbons (Fsp3) is 0.273. The Balaban J connectivity index is 1.69. The van der Waals surface area contributed by atoms with Gasteiger partial charge in [-0.15, -0.1) is 0 Å². The molecule has 0 atom stereocenters. The molecule has 0 saturated carbocycles. The summed E-state index contributed by atoms with van der Waals surface area (Å²) in [5.41, 5.74) is 1.69. The molecular formula is C22H22O6. The number of esters is 1. The quantitative estimate of drug-likeness (QED) is 0.493. The minimum atomic E-state index is -0.558. The number of hydrogen-bond donors (Lipinski definition) is 1. The number of phenolic OH excluding ortho intramolecular Hbond substituents is 1. The molecule has 0 amide bonds. The fourth-order valence-corrected chi connectivity index (χ4v) is 3.01. The second kappa shape index (κ2) is 8.61. The SMILES string of the molecule is CCOc1ccccc1CCC(=O)OCc1cc(=O)oc2c(C)c(O)ccc12. The lowest BCUT2D eigenvalue weighted by atomic mass is 10.1. The number of ether oxygens (including phenoxy) is 2. The maximum atomic E-state index is 12.2. The number of fused-ring (bicyclic) bond motifs is 1. The number of carbonyl (C=O) groups is 1. The predicted molar refractivity (Wildman–Crippen MR) is 105 cm³/mol. The lowest BCUT2D eigenvalue weighted by Gasteiger charge is -2.11. The molecule has 0 aliphatic rings. The molecule has 0 fully saturated rings. The third-order valence-electron chi connectivity index (χ3n) is 4.48. The van der Waals surface area contributed by atoms with Crippen molar-refractivity contribution < 1.29 is 23.8 Å². The smallest absolute Gasteiger partial charge is 0.336 e. The van der Waals surface area contributed by atoms with Crippen LogP contribution in [0.5, 0.6) is 11.5 Å². The number of hydrogen-bond acceptors (Lipinski definition) is 6. The Morgan fingerprint density at radius 3 is 2.71 bits per heavy atom. The Bertz CT molecular complexity index is 1050. The van der Waals surface area contributed by atoms with Gasteiger partial charge < -0.3 is 19.0 Å². The minimum Gasteiger partial charge on any atom is -0.508 e. The molecule has 28 heavy (non-hydrogen) atoms. The highest BCUT2D eigenvalue weighted by molar-refractivity contribution is 5.85. The summed E-state index contributed by atoms with van der Waals surface area (Å²) in [6.07, 6.45) is 0.697. The highest BCUT2D eigenvalue weighted by atomic mass is 16.5. The van der Waals surface area contributed by atoms with Crippen LogP contribution in [0.15, 0.2) is 51.7 Å². The van der Waals surface area contributed by atoms with Crippen molar-refractivity contribution in [1.29, 1.82) is 0 Å². The van der Waals surface area contributed by atoms with Gasteiger partial charge in [0.1, 0.15) is 23.7 Å². The van der Waals surface area contributed by atoms with E-state index in [0.29, 0.717) is 35.1 Å². The van der Waals surface area contributed by atoms with E-state index < -0.39 is 5.63 Å². The molecule has 0 spiro atoms. The van der Waals surface area contributed by atoms with Gasteiger partial charge in [0.05, 0.1) is 6.61 Å². The average molecular weight is 382 g/mol. The number of para-hydroxylation sites is 1. The van der Waals surface area contributed by atoms with Gasteiger partial charge in [0, 0.05) is 29.0 Å². The monoisotopic (exact) mass is 382 g/mol. The molecular weight excluding hydrogens is 360 g/mol. The van der Waals surface area contributed by atoms with Gasteiger partial charge in [-0.1, -0.05) is 18.2 Å². The Labute approximate surface area is 162 Å². The van der Waals surface area contributed by atoms with Crippen LogP contribution in [0, 0.1) is 6.92 Å². The number of rotatable bonds is 7.